The van der Waals surface area contributed by atoms with Crippen LogP contribution < -0.4 is 0 Å². The highest BCUT2D eigenvalue weighted by molar-refractivity contribution is 6.23. The van der Waals surface area contributed by atoms with Crippen LogP contribution in [0, 0.1) is 0 Å². The van der Waals surface area contributed by atoms with Crippen LogP contribution in [0.15, 0.2) is 174 Å². The lowest BCUT2D eigenvalue weighted by Gasteiger charge is -2.21. The van der Waals surface area contributed by atoms with E-state index in [1.54, 1.807) is 6.07 Å². The molecule has 1 heterocycles. The molecule has 0 amide bonds. The third kappa shape index (κ3) is 4.11. The highest BCUT2D eigenvalue weighted by atomic mass is 16.3. The first kappa shape index (κ1) is 22.4. The van der Waals surface area contributed by atoms with Gasteiger partial charge in [-0.3, -0.25) is 0 Å². The molecule has 1 aliphatic carbocycles. The molecule has 0 atom stereocenters. The van der Waals surface area contributed by atoms with Gasteiger partial charge in [0.05, 0.1) is 11.0 Å². The van der Waals surface area contributed by atoms with Crippen LogP contribution in [-0.4, -0.2) is 0 Å². The van der Waals surface area contributed by atoms with Gasteiger partial charge in [0.2, 0.25) is 0 Å². The maximum atomic E-state index is 9.43. The minimum absolute atomic E-state index is 0.129. The van der Waals surface area contributed by atoms with E-state index < -0.39 is 24.2 Å². The zero-order valence-corrected chi connectivity index (χ0v) is 28.5. The Labute approximate surface area is 313 Å². The minimum Gasteiger partial charge on any atom is -0.456 e. The van der Waals surface area contributed by atoms with E-state index in [4.69, 9.17) is 9.90 Å². The van der Waals surface area contributed by atoms with Crippen molar-refractivity contribution < 1.29 is 15.4 Å². The number of rotatable bonds is 3. The Morgan fingerprint density at radius 2 is 1.02 bits per heavy atom. The van der Waals surface area contributed by atoms with Crippen LogP contribution in [0.5, 0.6) is 0 Å². The lowest BCUT2D eigenvalue weighted by molar-refractivity contribution is 0.660. The van der Waals surface area contributed by atoms with Crippen molar-refractivity contribution >= 4 is 54.3 Å². The molecule has 1 aromatic heterocycles. The van der Waals surface area contributed by atoms with Crippen LogP contribution >= 0.6 is 0 Å². The molecule has 52 heavy (non-hydrogen) atoms. The normalized spacial score (nSPS) is 15.5. The Hall–Kier alpha value is -6.44. The number of furan rings is 1. The van der Waals surface area contributed by atoms with Crippen LogP contribution in [0.3, 0.4) is 0 Å². The van der Waals surface area contributed by atoms with Gasteiger partial charge in [-0.15, -0.1) is 0 Å². The van der Waals surface area contributed by atoms with E-state index in [9.17, 15) is 5.48 Å². The zero-order chi connectivity index (χ0) is 41.5. The smallest absolute Gasteiger partial charge is 0.136 e. The largest absolute Gasteiger partial charge is 0.456 e. The first-order valence-electron chi connectivity index (χ1n) is 21.5. The second kappa shape index (κ2) is 10.8. The number of fused-ring (bicyclic) bond motifs is 10. The monoisotopic (exact) mass is 670 g/mol. The van der Waals surface area contributed by atoms with E-state index in [1.165, 1.54) is 22.3 Å². The van der Waals surface area contributed by atoms with Crippen molar-refractivity contribution in [2.45, 2.75) is 19.3 Å². The molecular formula is C51H34O. The average molecular weight is 671 g/mol. The molecule has 11 rings (SSSR count). The van der Waals surface area contributed by atoms with Crippen LogP contribution in [0.2, 0.25) is 0 Å². The van der Waals surface area contributed by atoms with Gasteiger partial charge in [-0.05, 0) is 112 Å². The average Bonchev–Trinajstić information content (AvgIpc) is 3.76. The molecule has 1 nitrogen and oxygen atoms in total. The fourth-order valence-electron chi connectivity index (χ4n) is 8.63. The summed E-state index contributed by atoms with van der Waals surface area (Å²) in [4.78, 5) is 0. The Morgan fingerprint density at radius 3 is 1.77 bits per heavy atom. The van der Waals surface area contributed by atoms with Crippen LogP contribution in [-0.2, 0) is 5.41 Å². The van der Waals surface area contributed by atoms with Crippen molar-refractivity contribution in [3.8, 4) is 44.5 Å². The molecule has 0 N–H and O–H groups in total. The Kier molecular flexibility index (Phi) is 4.64. The minimum atomic E-state index is -0.433. The van der Waals surface area contributed by atoms with Crippen LogP contribution in [0.25, 0.3) is 98.8 Å². The zero-order valence-electron chi connectivity index (χ0n) is 36.5. The summed E-state index contributed by atoms with van der Waals surface area (Å²) in [6, 6.07) is 37.3. The van der Waals surface area contributed by atoms with E-state index in [0.717, 1.165) is 32.7 Å². The van der Waals surface area contributed by atoms with Gasteiger partial charge in [0.25, 0.3) is 0 Å². The van der Waals surface area contributed by atoms with Crippen molar-refractivity contribution in [3.05, 3.63) is 181 Å². The first-order valence-corrected chi connectivity index (χ1v) is 17.5. The Morgan fingerprint density at radius 1 is 0.442 bits per heavy atom. The number of hydrogen-bond donors (Lipinski definition) is 0. The maximum Gasteiger partial charge on any atom is 0.136 e. The molecule has 0 saturated carbocycles. The lowest BCUT2D eigenvalue weighted by atomic mass is 9.82. The van der Waals surface area contributed by atoms with Crippen molar-refractivity contribution in [3.63, 3.8) is 0 Å². The second-order valence-corrected chi connectivity index (χ2v) is 14.2. The summed E-state index contributed by atoms with van der Waals surface area (Å²) in [5, 5.41) is 4.38. The maximum absolute atomic E-state index is 9.43. The molecule has 0 unspecified atom stereocenters. The van der Waals surface area contributed by atoms with Gasteiger partial charge in [0.1, 0.15) is 11.2 Å². The van der Waals surface area contributed by atoms with Crippen molar-refractivity contribution in [2.75, 3.05) is 0 Å². The van der Waals surface area contributed by atoms with Gasteiger partial charge in [-0.25, -0.2) is 0 Å². The predicted octanol–water partition coefficient (Wildman–Crippen LogP) is 14.4. The van der Waals surface area contributed by atoms with Gasteiger partial charge in [0, 0.05) is 16.2 Å². The molecular weight excluding hydrogens is 629 g/mol. The number of benzene rings is 9. The molecule has 0 spiro atoms. The van der Waals surface area contributed by atoms with Gasteiger partial charge < -0.3 is 4.42 Å². The molecule has 10 aromatic rings. The van der Waals surface area contributed by atoms with Crippen LogP contribution in [0.1, 0.15) is 35.9 Å². The molecule has 9 aromatic carbocycles. The summed E-state index contributed by atoms with van der Waals surface area (Å²) in [5.74, 6) is 0. The lowest BCUT2D eigenvalue weighted by Crippen LogP contribution is -2.14. The summed E-state index contributed by atoms with van der Waals surface area (Å²) < 4.78 is 79.5. The summed E-state index contributed by atoms with van der Waals surface area (Å²) >= 11 is 0. The highest BCUT2D eigenvalue weighted by Gasteiger charge is 2.35. The predicted molar refractivity (Wildman–Crippen MR) is 220 cm³/mol. The van der Waals surface area contributed by atoms with E-state index in [1.807, 2.05) is 72.8 Å². The Bertz CT molecular complexity index is 3470. The molecule has 0 saturated heterocycles. The van der Waals surface area contributed by atoms with Crippen LogP contribution in [0.4, 0.5) is 0 Å². The summed E-state index contributed by atoms with van der Waals surface area (Å²) in [5.41, 5.74) is 9.79. The van der Waals surface area contributed by atoms with Crippen molar-refractivity contribution in [1.82, 2.24) is 0 Å². The quantitative estimate of drug-likeness (QED) is 0.171. The molecule has 0 aliphatic heterocycles. The van der Waals surface area contributed by atoms with Crippen molar-refractivity contribution in [2.24, 2.45) is 0 Å². The van der Waals surface area contributed by atoms with E-state index in [0.29, 0.717) is 33.4 Å². The molecule has 1 heteroatoms. The Balaban J connectivity index is 1.20. The van der Waals surface area contributed by atoms with Gasteiger partial charge >= 0.3 is 0 Å². The summed E-state index contributed by atoms with van der Waals surface area (Å²) in [6.07, 6.45) is 0. The third-order valence-corrected chi connectivity index (χ3v) is 11.1. The first-order chi connectivity index (χ1) is 28.9. The molecule has 0 radical (unpaired) electrons. The second-order valence-electron chi connectivity index (χ2n) is 14.2. The SMILES string of the molecule is [2H]c1c([2H])c([2H])c2c(-c3ccc4oc5ccc6ccccc6c5c4c3)c3c([2H])c([2H])c([2H])c([2H])c3c(-c3ccc(-c4ccc5c(c4)-c4ccccc4C5(C)C)cc3)c2c1[2H]. The number of hydrogen-bond acceptors (Lipinski definition) is 1. The molecule has 244 valence electrons. The van der Waals surface area contributed by atoms with E-state index >= 15 is 0 Å². The van der Waals surface area contributed by atoms with E-state index in [-0.39, 0.29) is 51.1 Å². The topological polar surface area (TPSA) is 13.1 Å². The molecule has 0 fully saturated rings. The van der Waals surface area contributed by atoms with Crippen molar-refractivity contribution in [1.29, 1.82) is 0 Å². The molecule has 1 aliphatic rings. The standard InChI is InChI=1S/C51H34O/c1-51(2)44-18-10-9-13-37(44)42-29-34(23-26-45(42)51)31-19-21-33(22-20-31)48-38-14-5-7-16-40(38)49(41-17-8-6-15-39(41)48)35-25-27-46-43(30-35)50-36-12-4-3-11-32(36)24-28-47(50)52-46/h3-30H,1-2H3/i5D,6D,7D,8D,14D,15D,16D,17D. The third-order valence-electron chi connectivity index (χ3n) is 11.1. The van der Waals surface area contributed by atoms with Gasteiger partial charge in [0.15, 0.2) is 0 Å². The fourth-order valence-corrected chi connectivity index (χ4v) is 8.63. The molecule has 0 bridgehead atoms. The van der Waals surface area contributed by atoms with E-state index in [2.05, 4.69) is 56.3 Å². The highest BCUT2D eigenvalue weighted by Crippen LogP contribution is 2.50. The summed E-state index contributed by atoms with van der Waals surface area (Å²) in [7, 11) is 0. The van der Waals surface area contributed by atoms with Gasteiger partial charge in [-0.2, -0.15) is 0 Å². The fraction of sp³-hybridized carbons (Fsp3) is 0.0588. The summed E-state index contributed by atoms with van der Waals surface area (Å²) in [6.45, 7) is 4.49. The van der Waals surface area contributed by atoms with Gasteiger partial charge in [-0.1, -0.05) is 159 Å².